The highest BCUT2D eigenvalue weighted by molar-refractivity contribution is 6.30. The Morgan fingerprint density at radius 3 is 2.58 bits per heavy atom. The van der Waals surface area contributed by atoms with Crippen molar-refractivity contribution in [3.63, 3.8) is 0 Å². The molecule has 1 aromatic carbocycles. The Hall–Kier alpha value is -0.610. The van der Waals surface area contributed by atoms with E-state index in [2.05, 4.69) is 31.9 Å². The average Bonchev–Trinajstić information content (AvgIpc) is 2.39. The van der Waals surface area contributed by atoms with Crippen molar-refractivity contribution < 1.29 is 4.74 Å². The van der Waals surface area contributed by atoms with E-state index in [-0.39, 0.29) is 12.1 Å². The van der Waals surface area contributed by atoms with Crippen LogP contribution in [0.15, 0.2) is 24.3 Å². The van der Waals surface area contributed by atoms with Gasteiger partial charge in [-0.15, -0.1) is 0 Å². The van der Waals surface area contributed by atoms with Crippen LogP contribution in [0.2, 0.25) is 5.02 Å². The van der Waals surface area contributed by atoms with Crippen molar-refractivity contribution in [2.45, 2.75) is 25.9 Å². The van der Waals surface area contributed by atoms with E-state index in [9.17, 15) is 0 Å². The zero-order valence-electron chi connectivity index (χ0n) is 12.3. The van der Waals surface area contributed by atoms with Gasteiger partial charge in [0.05, 0.1) is 6.61 Å². The minimum Gasteiger partial charge on any atom is -0.384 e. The maximum atomic E-state index is 6.06. The molecular formula is C15H25ClN2O. The molecule has 3 unspecified atom stereocenters. The van der Waals surface area contributed by atoms with Crippen LogP contribution in [0, 0.1) is 5.92 Å². The number of likely N-dealkylation sites (N-methyl/N-ethyl adjacent to an activating group) is 1. The summed E-state index contributed by atoms with van der Waals surface area (Å²) >= 11 is 6.06. The molecule has 0 bridgehead atoms. The van der Waals surface area contributed by atoms with Crippen LogP contribution in [0.1, 0.15) is 25.5 Å². The Kier molecular flexibility index (Phi) is 6.80. The number of nitrogens with zero attached hydrogens (tertiary/aromatic N) is 1. The number of methoxy groups -OCH3 is 1. The van der Waals surface area contributed by atoms with E-state index >= 15 is 0 Å². The SMILES string of the molecule is COCC(C)C(CN)N(C)C(C)c1cccc(Cl)c1. The van der Waals surface area contributed by atoms with E-state index in [1.807, 2.05) is 18.2 Å². The van der Waals surface area contributed by atoms with Crippen molar-refractivity contribution in [1.29, 1.82) is 0 Å². The molecule has 1 rings (SSSR count). The van der Waals surface area contributed by atoms with Crippen LogP contribution in [-0.2, 0) is 4.74 Å². The molecule has 0 saturated heterocycles. The van der Waals surface area contributed by atoms with Crippen molar-refractivity contribution in [3.8, 4) is 0 Å². The number of ether oxygens (including phenoxy) is 1. The third kappa shape index (κ3) is 4.46. The monoisotopic (exact) mass is 284 g/mol. The fourth-order valence-corrected chi connectivity index (χ4v) is 2.66. The van der Waals surface area contributed by atoms with E-state index in [4.69, 9.17) is 22.1 Å². The molecule has 1 aromatic rings. The minimum absolute atomic E-state index is 0.270. The quantitative estimate of drug-likeness (QED) is 0.837. The highest BCUT2D eigenvalue weighted by Crippen LogP contribution is 2.25. The first-order chi connectivity index (χ1) is 9.01. The molecule has 4 heteroatoms. The first kappa shape index (κ1) is 16.4. The summed E-state index contributed by atoms with van der Waals surface area (Å²) in [6, 6.07) is 8.54. The minimum atomic E-state index is 0.270. The fraction of sp³-hybridized carbons (Fsp3) is 0.600. The smallest absolute Gasteiger partial charge is 0.0503 e. The van der Waals surface area contributed by atoms with Gasteiger partial charge in [0.15, 0.2) is 0 Å². The van der Waals surface area contributed by atoms with Crippen LogP contribution in [0.4, 0.5) is 0 Å². The summed E-state index contributed by atoms with van der Waals surface area (Å²) in [4.78, 5) is 2.30. The number of hydrogen-bond acceptors (Lipinski definition) is 3. The lowest BCUT2D eigenvalue weighted by atomic mass is 9.98. The first-order valence-corrected chi connectivity index (χ1v) is 7.05. The van der Waals surface area contributed by atoms with Gasteiger partial charge in [0, 0.05) is 30.8 Å². The van der Waals surface area contributed by atoms with Gasteiger partial charge in [-0.05, 0) is 37.6 Å². The van der Waals surface area contributed by atoms with E-state index in [1.165, 1.54) is 5.56 Å². The van der Waals surface area contributed by atoms with Gasteiger partial charge >= 0.3 is 0 Å². The summed E-state index contributed by atoms with van der Waals surface area (Å²) in [6.07, 6.45) is 0. The van der Waals surface area contributed by atoms with Gasteiger partial charge in [-0.2, -0.15) is 0 Å². The second kappa shape index (κ2) is 7.85. The molecule has 0 aliphatic carbocycles. The Morgan fingerprint density at radius 2 is 2.05 bits per heavy atom. The molecule has 3 nitrogen and oxygen atoms in total. The maximum Gasteiger partial charge on any atom is 0.0503 e. The van der Waals surface area contributed by atoms with Gasteiger partial charge in [-0.1, -0.05) is 30.7 Å². The van der Waals surface area contributed by atoms with Crippen molar-refractivity contribution in [3.05, 3.63) is 34.9 Å². The number of halogens is 1. The van der Waals surface area contributed by atoms with Crippen molar-refractivity contribution in [2.24, 2.45) is 11.7 Å². The van der Waals surface area contributed by atoms with Crippen LogP contribution in [0.25, 0.3) is 0 Å². The molecule has 0 fully saturated rings. The molecule has 2 N–H and O–H groups in total. The van der Waals surface area contributed by atoms with E-state index in [0.29, 0.717) is 19.1 Å². The predicted molar refractivity (Wildman–Crippen MR) is 81.5 cm³/mol. The van der Waals surface area contributed by atoms with Gasteiger partial charge in [-0.3, -0.25) is 4.90 Å². The largest absolute Gasteiger partial charge is 0.384 e. The first-order valence-electron chi connectivity index (χ1n) is 6.67. The summed E-state index contributed by atoms with van der Waals surface area (Å²) < 4.78 is 5.24. The van der Waals surface area contributed by atoms with Gasteiger partial charge in [0.1, 0.15) is 0 Å². The van der Waals surface area contributed by atoms with Crippen molar-refractivity contribution in [2.75, 3.05) is 27.3 Å². The zero-order valence-corrected chi connectivity index (χ0v) is 13.0. The van der Waals surface area contributed by atoms with Crippen molar-refractivity contribution in [1.82, 2.24) is 4.90 Å². The third-order valence-corrected chi connectivity index (χ3v) is 4.03. The highest BCUT2D eigenvalue weighted by atomic mass is 35.5. The zero-order chi connectivity index (χ0) is 14.4. The second-order valence-corrected chi connectivity index (χ2v) is 5.57. The lowest BCUT2D eigenvalue weighted by molar-refractivity contribution is 0.0802. The number of hydrogen-bond donors (Lipinski definition) is 1. The summed E-state index contributed by atoms with van der Waals surface area (Å²) in [5.41, 5.74) is 7.13. The van der Waals surface area contributed by atoms with Crippen LogP contribution in [0.5, 0.6) is 0 Å². The van der Waals surface area contributed by atoms with Gasteiger partial charge in [0.2, 0.25) is 0 Å². The Balaban J connectivity index is 2.81. The topological polar surface area (TPSA) is 38.5 Å². The molecule has 19 heavy (non-hydrogen) atoms. The molecule has 0 saturated carbocycles. The fourth-order valence-electron chi connectivity index (χ4n) is 2.46. The van der Waals surface area contributed by atoms with Crippen molar-refractivity contribution >= 4 is 11.6 Å². The number of rotatable bonds is 7. The lowest BCUT2D eigenvalue weighted by Gasteiger charge is -2.36. The van der Waals surface area contributed by atoms with E-state index < -0.39 is 0 Å². The summed E-state index contributed by atoms with van der Waals surface area (Å²) in [5.74, 6) is 0.390. The third-order valence-electron chi connectivity index (χ3n) is 3.79. The number of nitrogens with two attached hydrogens (primary N) is 1. The second-order valence-electron chi connectivity index (χ2n) is 5.13. The molecule has 0 aliphatic rings. The molecule has 108 valence electrons. The van der Waals surface area contributed by atoms with Crippen LogP contribution < -0.4 is 5.73 Å². The highest BCUT2D eigenvalue weighted by Gasteiger charge is 2.24. The molecule has 0 aromatic heterocycles. The normalized spacial score (nSPS) is 16.4. The van der Waals surface area contributed by atoms with E-state index in [0.717, 1.165) is 5.02 Å². The molecule has 0 aliphatic heterocycles. The lowest BCUT2D eigenvalue weighted by Crippen LogP contribution is -2.45. The molecule has 0 amide bonds. The molecule has 0 spiro atoms. The van der Waals surface area contributed by atoms with Crippen LogP contribution in [-0.4, -0.2) is 38.3 Å². The molecule has 0 heterocycles. The summed E-state index contributed by atoms with van der Waals surface area (Å²) in [5, 5.41) is 0.770. The Labute approximate surface area is 121 Å². The maximum absolute atomic E-state index is 6.06. The van der Waals surface area contributed by atoms with Gasteiger partial charge in [0.25, 0.3) is 0 Å². The Morgan fingerprint density at radius 1 is 1.37 bits per heavy atom. The Bertz CT molecular complexity index is 386. The standard InChI is InChI=1S/C15H25ClN2O/c1-11(10-19-4)15(9-17)18(3)12(2)13-6-5-7-14(16)8-13/h5-8,11-12,15H,9-10,17H2,1-4H3. The van der Waals surface area contributed by atoms with Crippen LogP contribution >= 0.6 is 11.6 Å². The number of benzene rings is 1. The van der Waals surface area contributed by atoms with Crippen LogP contribution in [0.3, 0.4) is 0 Å². The average molecular weight is 285 g/mol. The molecular weight excluding hydrogens is 260 g/mol. The van der Waals surface area contributed by atoms with Gasteiger partial charge < -0.3 is 10.5 Å². The molecule has 3 atom stereocenters. The molecule has 0 radical (unpaired) electrons. The summed E-state index contributed by atoms with van der Waals surface area (Å²) in [7, 11) is 3.83. The summed E-state index contributed by atoms with van der Waals surface area (Å²) in [6.45, 7) is 5.68. The van der Waals surface area contributed by atoms with E-state index in [1.54, 1.807) is 7.11 Å². The predicted octanol–water partition coefficient (Wildman–Crippen LogP) is 2.94. The van der Waals surface area contributed by atoms with Gasteiger partial charge in [-0.25, -0.2) is 0 Å².